The van der Waals surface area contributed by atoms with E-state index < -0.39 is 39.9 Å². The number of rotatable bonds is 5. The van der Waals surface area contributed by atoms with Crippen molar-refractivity contribution in [1.29, 1.82) is 0 Å². The van der Waals surface area contributed by atoms with E-state index in [0.717, 1.165) is 12.1 Å². The monoisotopic (exact) mass is 429 g/mol. The second-order valence-electron chi connectivity index (χ2n) is 6.10. The fourth-order valence-corrected chi connectivity index (χ4v) is 3.10. The van der Waals surface area contributed by atoms with E-state index in [1.807, 2.05) is 0 Å². The summed E-state index contributed by atoms with van der Waals surface area (Å²) >= 11 is 1.47. The van der Waals surface area contributed by atoms with E-state index in [9.17, 15) is 22.5 Å². The van der Waals surface area contributed by atoms with Gasteiger partial charge < -0.3 is 9.29 Å². The molecule has 0 radical (unpaired) electrons. The largest absolute Gasteiger partial charge is 0.598 e. The summed E-state index contributed by atoms with van der Waals surface area (Å²) in [6.07, 6.45) is -4.77. The first-order valence-corrected chi connectivity index (χ1v) is 8.91. The van der Waals surface area contributed by atoms with Crippen molar-refractivity contribution in [2.75, 3.05) is 7.11 Å². The van der Waals surface area contributed by atoms with Gasteiger partial charge in [0.05, 0.1) is 25.1 Å². The van der Waals surface area contributed by atoms with Crippen LogP contribution in [0.4, 0.5) is 13.2 Å². The fourth-order valence-electron chi connectivity index (χ4n) is 1.76. The summed E-state index contributed by atoms with van der Waals surface area (Å²) in [6.45, 7) is 5.15. The Morgan fingerprint density at radius 3 is 2.38 bits per heavy atom. The molecule has 2 atom stereocenters. The Hall–Kier alpha value is -0.770. The third kappa shape index (κ3) is 6.27. The topological polar surface area (TPSA) is 61.4 Å². The molecular weight excluding hydrogens is 411 g/mol. The molecule has 0 spiro atoms. The number of hydrogen-bond donors (Lipinski definition) is 1. The average Bonchev–Trinajstić information content (AvgIpc) is 2.43. The van der Waals surface area contributed by atoms with E-state index in [1.54, 1.807) is 20.8 Å². The van der Waals surface area contributed by atoms with Crippen molar-refractivity contribution in [3.05, 3.63) is 33.8 Å². The van der Waals surface area contributed by atoms with Gasteiger partial charge in [-0.2, -0.15) is 13.2 Å². The number of hydrogen-bond acceptors (Lipinski definition) is 4. The van der Waals surface area contributed by atoms with E-state index in [2.05, 4.69) is 25.4 Å². The van der Waals surface area contributed by atoms with Crippen LogP contribution in [0.3, 0.4) is 0 Å². The molecule has 1 N–H and O–H groups in total. The number of carbonyl (C=O) groups is 1. The van der Waals surface area contributed by atoms with Crippen molar-refractivity contribution in [3.8, 4) is 0 Å². The van der Waals surface area contributed by atoms with Crippen LogP contribution in [0, 0.1) is 0 Å². The molecule has 0 fully saturated rings. The SMILES string of the molecule is COC(=O)C[C@H](N[S+]([O-])C(C)(C)C)c1cc(Br)cc(C(F)(F)F)c1. The zero-order valence-corrected chi connectivity index (χ0v) is 16.1. The molecule has 0 amide bonds. The minimum atomic E-state index is -4.53. The van der Waals surface area contributed by atoms with E-state index in [-0.39, 0.29) is 16.5 Å². The summed E-state index contributed by atoms with van der Waals surface area (Å²) in [5.41, 5.74) is -0.662. The van der Waals surface area contributed by atoms with Crippen LogP contribution in [-0.4, -0.2) is 22.4 Å². The quantitative estimate of drug-likeness (QED) is 0.564. The fraction of sp³-hybridized carbons (Fsp3) is 0.533. The second kappa shape index (κ2) is 8.07. The zero-order chi connectivity index (χ0) is 18.7. The highest BCUT2D eigenvalue weighted by Gasteiger charge is 2.34. The van der Waals surface area contributed by atoms with Gasteiger partial charge in [0.25, 0.3) is 0 Å². The van der Waals surface area contributed by atoms with Crippen molar-refractivity contribution in [2.45, 2.75) is 44.2 Å². The molecule has 136 valence electrons. The molecule has 0 aliphatic heterocycles. The molecule has 9 heteroatoms. The normalized spacial score (nSPS) is 15.0. The molecule has 1 aromatic rings. The summed E-state index contributed by atoms with van der Waals surface area (Å²) in [5, 5.41) is 0. The Morgan fingerprint density at radius 1 is 1.33 bits per heavy atom. The first kappa shape index (κ1) is 21.3. The van der Waals surface area contributed by atoms with Crippen molar-refractivity contribution in [3.63, 3.8) is 0 Å². The maximum atomic E-state index is 13.0. The summed E-state index contributed by atoms with van der Waals surface area (Å²) in [4.78, 5) is 11.6. The molecule has 1 unspecified atom stereocenters. The van der Waals surface area contributed by atoms with Crippen molar-refractivity contribution in [2.24, 2.45) is 0 Å². The Balaban J connectivity index is 3.23. The lowest BCUT2D eigenvalue weighted by Gasteiger charge is -2.28. The lowest BCUT2D eigenvalue weighted by molar-refractivity contribution is -0.141. The van der Waals surface area contributed by atoms with Crippen LogP contribution < -0.4 is 4.72 Å². The van der Waals surface area contributed by atoms with E-state index >= 15 is 0 Å². The molecule has 0 bridgehead atoms. The highest BCUT2D eigenvalue weighted by molar-refractivity contribution is 9.10. The second-order valence-corrected chi connectivity index (χ2v) is 9.02. The summed E-state index contributed by atoms with van der Waals surface area (Å²) < 4.78 is 58.2. The van der Waals surface area contributed by atoms with Crippen LogP contribution in [0.15, 0.2) is 22.7 Å². The van der Waals surface area contributed by atoms with Crippen molar-refractivity contribution >= 4 is 33.3 Å². The molecule has 4 nitrogen and oxygen atoms in total. The van der Waals surface area contributed by atoms with Gasteiger partial charge in [0.1, 0.15) is 4.75 Å². The molecule has 0 aliphatic carbocycles. The number of alkyl halides is 3. The molecule has 0 aromatic heterocycles. The third-order valence-corrected chi connectivity index (χ3v) is 5.12. The van der Waals surface area contributed by atoms with E-state index in [1.165, 1.54) is 13.2 Å². The molecule has 0 heterocycles. The van der Waals surface area contributed by atoms with Crippen molar-refractivity contribution < 1.29 is 27.3 Å². The lowest BCUT2D eigenvalue weighted by atomic mass is 10.0. The van der Waals surface area contributed by atoms with Crippen LogP contribution in [0.1, 0.15) is 44.4 Å². The van der Waals surface area contributed by atoms with Gasteiger partial charge in [-0.1, -0.05) is 15.9 Å². The predicted molar refractivity (Wildman–Crippen MR) is 89.5 cm³/mol. The number of carbonyl (C=O) groups excluding carboxylic acids is 1. The molecule has 0 saturated carbocycles. The van der Waals surface area contributed by atoms with Crippen LogP contribution in [-0.2, 0) is 27.1 Å². The van der Waals surface area contributed by atoms with Crippen LogP contribution >= 0.6 is 15.9 Å². The van der Waals surface area contributed by atoms with Gasteiger partial charge in [0.15, 0.2) is 0 Å². The van der Waals surface area contributed by atoms with Gasteiger partial charge in [-0.25, -0.2) is 0 Å². The average molecular weight is 430 g/mol. The Bertz CT molecular complexity index is 590. The maximum Gasteiger partial charge on any atom is 0.416 e. The lowest BCUT2D eigenvalue weighted by Crippen LogP contribution is -2.42. The first-order chi connectivity index (χ1) is 10.8. The molecule has 0 saturated heterocycles. The van der Waals surface area contributed by atoms with Crippen molar-refractivity contribution in [1.82, 2.24) is 4.72 Å². The standard InChI is InChI=1S/C15H19BrF3NO3S/c1-14(2,3)24(22)20-12(8-13(21)23-4)9-5-10(15(17,18)19)7-11(16)6-9/h5-7,12,20H,8H2,1-4H3/t12-,24?/m0/s1. The number of benzene rings is 1. The molecule has 1 rings (SSSR count). The highest BCUT2D eigenvalue weighted by Crippen LogP contribution is 2.34. The minimum absolute atomic E-state index is 0.194. The zero-order valence-electron chi connectivity index (χ0n) is 13.7. The number of ether oxygens (including phenoxy) is 1. The van der Waals surface area contributed by atoms with Gasteiger partial charge in [-0.15, -0.1) is 4.72 Å². The number of methoxy groups -OCH3 is 1. The van der Waals surface area contributed by atoms with Crippen LogP contribution in [0.25, 0.3) is 0 Å². The number of halogens is 4. The molecule has 24 heavy (non-hydrogen) atoms. The Morgan fingerprint density at radius 2 is 1.92 bits per heavy atom. The smallest absolute Gasteiger partial charge is 0.416 e. The number of esters is 1. The summed E-state index contributed by atoms with van der Waals surface area (Å²) in [6, 6.07) is 2.46. The summed E-state index contributed by atoms with van der Waals surface area (Å²) in [5.74, 6) is -0.619. The highest BCUT2D eigenvalue weighted by atomic mass is 79.9. The number of nitrogens with one attached hydrogen (secondary N) is 1. The predicted octanol–water partition coefficient (Wildman–Crippen LogP) is 4.12. The van der Waals surface area contributed by atoms with Gasteiger partial charge >= 0.3 is 12.1 Å². The Labute approximate surface area is 150 Å². The minimum Gasteiger partial charge on any atom is -0.598 e. The van der Waals surface area contributed by atoms with Gasteiger partial charge in [-0.3, -0.25) is 4.79 Å². The van der Waals surface area contributed by atoms with E-state index in [0.29, 0.717) is 0 Å². The third-order valence-electron chi connectivity index (χ3n) is 3.05. The van der Waals surface area contributed by atoms with E-state index in [4.69, 9.17) is 0 Å². The maximum absolute atomic E-state index is 13.0. The molecular formula is C15H19BrF3NO3S. The van der Waals surface area contributed by atoms with Gasteiger partial charge in [0, 0.05) is 15.8 Å². The molecule has 0 aliphatic rings. The van der Waals surface area contributed by atoms with Gasteiger partial charge in [-0.05, 0) is 44.5 Å². The molecule has 1 aromatic carbocycles. The first-order valence-electron chi connectivity index (χ1n) is 6.97. The van der Waals surface area contributed by atoms with Gasteiger partial charge in [0.2, 0.25) is 0 Å². The Kier molecular flexibility index (Phi) is 7.16. The van der Waals surface area contributed by atoms with Crippen LogP contribution in [0.5, 0.6) is 0 Å². The summed E-state index contributed by atoms with van der Waals surface area (Å²) in [7, 11) is 1.18. The van der Waals surface area contributed by atoms with Crippen LogP contribution in [0.2, 0.25) is 0 Å².